The van der Waals surface area contributed by atoms with Gasteiger partial charge in [0.2, 0.25) is 5.78 Å². The Bertz CT molecular complexity index is 1460. The number of fused-ring (bicyclic) bond motifs is 1. The molecule has 0 saturated heterocycles. The maximum Gasteiger partial charge on any atom is 0.294 e. The number of rotatable bonds is 6. The van der Waals surface area contributed by atoms with Crippen LogP contribution in [0.1, 0.15) is 34.6 Å². The predicted molar refractivity (Wildman–Crippen MR) is 131 cm³/mol. The molecule has 7 heteroatoms. The molecule has 35 heavy (non-hydrogen) atoms. The van der Waals surface area contributed by atoms with Crippen LogP contribution >= 0.6 is 0 Å². The number of nitrogens with zero attached hydrogens (tertiary/aromatic N) is 1. The van der Waals surface area contributed by atoms with Gasteiger partial charge in [0.25, 0.3) is 5.91 Å². The fraction of sp³-hybridized carbons (Fsp3) is 0.143. The number of ether oxygens (including phenoxy) is 1. The molecular weight excluding hydrogens is 446 g/mol. The van der Waals surface area contributed by atoms with E-state index in [0.717, 1.165) is 12.0 Å². The van der Waals surface area contributed by atoms with Crippen LogP contribution in [-0.2, 0) is 11.2 Å². The number of aryl methyl sites for hydroxylation is 1. The van der Waals surface area contributed by atoms with E-state index in [1.165, 1.54) is 24.1 Å². The smallest absolute Gasteiger partial charge is 0.294 e. The molecule has 1 amide bonds. The Kier molecular flexibility index (Phi) is 5.53. The lowest BCUT2D eigenvalue weighted by molar-refractivity contribution is -0.117. The molecule has 1 aromatic heterocycles. The third kappa shape index (κ3) is 3.71. The van der Waals surface area contributed by atoms with Gasteiger partial charge in [-0.2, -0.15) is 0 Å². The van der Waals surface area contributed by atoms with Gasteiger partial charge in [-0.25, -0.2) is 0 Å². The number of hydrogen-bond donors (Lipinski definition) is 2. The van der Waals surface area contributed by atoms with Crippen molar-refractivity contribution >= 4 is 28.3 Å². The molecule has 0 spiro atoms. The summed E-state index contributed by atoms with van der Waals surface area (Å²) < 4.78 is 11.2. The van der Waals surface area contributed by atoms with Gasteiger partial charge in [-0.1, -0.05) is 43.3 Å². The highest BCUT2D eigenvalue weighted by Crippen LogP contribution is 2.43. The number of ketones is 1. The van der Waals surface area contributed by atoms with Crippen molar-refractivity contribution in [3.63, 3.8) is 0 Å². The summed E-state index contributed by atoms with van der Waals surface area (Å²) in [5.74, 6) is -1.45. The van der Waals surface area contributed by atoms with Crippen molar-refractivity contribution in [3.05, 3.63) is 101 Å². The summed E-state index contributed by atoms with van der Waals surface area (Å²) in [6.45, 7) is 2.03. The topological polar surface area (TPSA) is 100 Å². The van der Waals surface area contributed by atoms with Gasteiger partial charge in [-0.3, -0.25) is 14.5 Å². The quantitative estimate of drug-likeness (QED) is 0.362. The van der Waals surface area contributed by atoms with E-state index in [1.807, 2.05) is 19.1 Å². The molecule has 2 heterocycles. The second-order valence-corrected chi connectivity index (χ2v) is 8.27. The first-order valence-corrected chi connectivity index (χ1v) is 11.2. The number of aliphatic hydroxyl groups is 1. The number of carbonyl (C=O) groups is 2. The standard InChI is InChI=1S/C28H23NO6/c1-3-16-7-11-19(12-8-16)29-24(17-9-13-20(30)14-10-17)23(26(32)28(29)33)25(31)22-15-18-5-4-6-21(34-2)27(18)35-22/h4-15,24,30,32H,3H2,1-2H3. The van der Waals surface area contributed by atoms with Crippen molar-refractivity contribution in [3.8, 4) is 11.5 Å². The van der Waals surface area contributed by atoms with Crippen LogP contribution in [-0.4, -0.2) is 29.0 Å². The molecule has 1 atom stereocenters. The number of furan rings is 1. The molecule has 0 bridgehead atoms. The van der Waals surface area contributed by atoms with Crippen molar-refractivity contribution in [2.24, 2.45) is 0 Å². The van der Waals surface area contributed by atoms with Gasteiger partial charge in [0.1, 0.15) is 5.75 Å². The maximum absolute atomic E-state index is 13.7. The number of Topliss-reactive ketones (excluding diaryl/α,β-unsaturated/α-hetero) is 1. The number of methoxy groups -OCH3 is 1. The highest BCUT2D eigenvalue weighted by atomic mass is 16.5. The Morgan fingerprint density at radius 1 is 1.03 bits per heavy atom. The normalized spacial score (nSPS) is 15.8. The van der Waals surface area contributed by atoms with E-state index in [0.29, 0.717) is 28.0 Å². The zero-order chi connectivity index (χ0) is 24.7. The van der Waals surface area contributed by atoms with Crippen molar-refractivity contribution in [2.45, 2.75) is 19.4 Å². The Hall–Kier alpha value is -4.52. The zero-order valence-corrected chi connectivity index (χ0v) is 19.2. The molecule has 4 aromatic rings. The summed E-state index contributed by atoms with van der Waals surface area (Å²) in [7, 11) is 1.51. The Morgan fingerprint density at radius 3 is 2.40 bits per heavy atom. The number of anilines is 1. The van der Waals surface area contributed by atoms with Gasteiger partial charge < -0.3 is 19.4 Å². The third-order valence-corrected chi connectivity index (χ3v) is 6.24. The summed E-state index contributed by atoms with van der Waals surface area (Å²) in [6, 6.07) is 19.5. The number of phenolic OH excluding ortho intramolecular Hbond substituents is 1. The number of para-hydroxylation sites is 1. The Labute approximate surface area is 201 Å². The summed E-state index contributed by atoms with van der Waals surface area (Å²) >= 11 is 0. The molecule has 1 aliphatic rings. The first-order valence-electron chi connectivity index (χ1n) is 11.2. The van der Waals surface area contributed by atoms with Gasteiger partial charge in [-0.05, 0) is 53.9 Å². The van der Waals surface area contributed by atoms with Gasteiger partial charge >= 0.3 is 0 Å². The number of carbonyl (C=O) groups excluding carboxylic acids is 2. The number of hydrogen-bond acceptors (Lipinski definition) is 6. The van der Waals surface area contributed by atoms with Crippen LogP contribution in [0.15, 0.2) is 88.5 Å². The fourth-order valence-corrected chi connectivity index (χ4v) is 4.41. The second kappa shape index (κ2) is 8.68. The van der Waals surface area contributed by atoms with E-state index in [1.54, 1.807) is 48.5 Å². The molecule has 1 unspecified atom stereocenters. The van der Waals surface area contributed by atoms with Gasteiger partial charge in [0.15, 0.2) is 22.9 Å². The van der Waals surface area contributed by atoms with Crippen LogP contribution in [0.2, 0.25) is 0 Å². The van der Waals surface area contributed by atoms with Crippen molar-refractivity contribution in [1.82, 2.24) is 0 Å². The monoisotopic (exact) mass is 469 g/mol. The highest BCUT2D eigenvalue weighted by molar-refractivity contribution is 6.20. The van der Waals surface area contributed by atoms with Crippen LogP contribution < -0.4 is 9.64 Å². The van der Waals surface area contributed by atoms with Gasteiger partial charge in [-0.15, -0.1) is 0 Å². The lowest BCUT2D eigenvalue weighted by Crippen LogP contribution is -2.31. The summed E-state index contributed by atoms with van der Waals surface area (Å²) in [4.78, 5) is 28.4. The van der Waals surface area contributed by atoms with E-state index in [-0.39, 0.29) is 17.1 Å². The number of aliphatic hydroxyl groups excluding tert-OH is 1. The van der Waals surface area contributed by atoms with Gasteiger partial charge in [0, 0.05) is 11.1 Å². The summed E-state index contributed by atoms with van der Waals surface area (Å²) in [5.41, 5.74) is 2.48. The molecular formula is C28H23NO6. The first kappa shape index (κ1) is 22.3. The lowest BCUT2D eigenvalue weighted by atomic mass is 9.94. The maximum atomic E-state index is 13.7. The van der Waals surface area contributed by atoms with E-state index >= 15 is 0 Å². The van der Waals surface area contributed by atoms with Crippen LogP contribution in [0.25, 0.3) is 11.0 Å². The average molecular weight is 469 g/mol. The molecule has 0 radical (unpaired) electrons. The fourth-order valence-electron chi connectivity index (χ4n) is 4.41. The molecule has 5 rings (SSSR count). The number of phenols is 1. The Morgan fingerprint density at radius 2 is 1.74 bits per heavy atom. The van der Waals surface area contributed by atoms with E-state index < -0.39 is 23.5 Å². The minimum absolute atomic E-state index is 0.0224. The SMILES string of the molecule is CCc1ccc(N2C(=O)C(O)=C(C(=O)c3cc4cccc(OC)c4o3)C2c2ccc(O)cc2)cc1. The molecule has 1 aliphatic heterocycles. The minimum atomic E-state index is -0.918. The number of amides is 1. The molecule has 176 valence electrons. The number of aromatic hydroxyl groups is 1. The molecule has 2 N–H and O–H groups in total. The van der Waals surface area contributed by atoms with E-state index in [2.05, 4.69) is 0 Å². The summed E-state index contributed by atoms with van der Waals surface area (Å²) in [6.07, 6.45) is 0.832. The van der Waals surface area contributed by atoms with Crippen LogP contribution in [0.5, 0.6) is 11.5 Å². The van der Waals surface area contributed by atoms with E-state index in [9.17, 15) is 19.8 Å². The second-order valence-electron chi connectivity index (χ2n) is 8.27. The lowest BCUT2D eigenvalue weighted by Gasteiger charge is -2.27. The molecule has 0 fully saturated rings. The van der Waals surface area contributed by atoms with Crippen LogP contribution in [0.3, 0.4) is 0 Å². The molecule has 3 aromatic carbocycles. The Balaban J connectivity index is 1.64. The molecule has 7 nitrogen and oxygen atoms in total. The van der Waals surface area contributed by atoms with Crippen LogP contribution in [0.4, 0.5) is 5.69 Å². The van der Waals surface area contributed by atoms with Crippen molar-refractivity contribution < 1.29 is 29.0 Å². The van der Waals surface area contributed by atoms with Crippen molar-refractivity contribution in [1.29, 1.82) is 0 Å². The highest BCUT2D eigenvalue weighted by Gasteiger charge is 2.45. The van der Waals surface area contributed by atoms with E-state index in [4.69, 9.17) is 9.15 Å². The largest absolute Gasteiger partial charge is 0.508 e. The summed E-state index contributed by atoms with van der Waals surface area (Å²) in [5, 5.41) is 21.4. The predicted octanol–water partition coefficient (Wildman–Crippen LogP) is 5.49. The van der Waals surface area contributed by atoms with Crippen LogP contribution in [0, 0.1) is 0 Å². The molecule has 0 aliphatic carbocycles. The first-order chi connectivity index (χ1) is 16.9. The zero-order valence-electron chi connectivity index (χ0n) is 19.2. The third-order valence-electron chi connectivity index (χ3n) is 6.24. The average Bonchev–Trinajstić information content (AvgIpc) is 3.43. The van der Waals surface area contributed by atoms with Gasteiger partial charge in [0.05, 0.1) is 18.7 Å². The number of benzene rings is 3. The van der Waals surface area contributed by atoms with Crippen molar-refractivity contribution in [2.75, 3.05) is 12.0 Å². The molecule has 0 saturated carbocycles. The minimum Gasteiger partial charge on any atom is -0.508 e.